The second-order valence-electron chi connectivity index (χ2n) is 4.47. The van der Waals surface area contributed by atoms with Gasteiger partial charge in [-0.05, 0) is 23.5 Å². The number of halogens is 1. The fraction of sp³-hybridized carbons (Fsp3) is 0.500. The van der Waals surface area contributed by atoms with Gasteiger partial charge in [0, 0.05) is 18.8 Å². The summed E-state index contributed by atoms with van der Waals surface area (Å²) in [7, 11) is 0. The van der Waals surface area contributed by atoms with Gasteiger partial charge in [0.1, 0.15) is 0 Å². The van der Waals surface area contributed by atoms with Crippen molar-refractivity contribution in [3.63, 3.8) is 0 Å². The quantitative estimate of drug-likeness (QED) is 0.773. The maximum Gasteiger partial charge on any atom is 0.220 e. The number of hydrogen-bond acceptors (Lipinski definition) is 1. The Balaban J connectivity index is 2.39. The van der Waals surface area contributed by atoms with Crippen molar-refractivity contribution in [3.05, 3.63) is 35.4 Å². The maximum atomic E-state index is 11.4. The van der Waals surface area contributed by atoms with E-state index in [0.717, 1.165) is 12.0 Å². The molecule has 0 radical (unpaired) electrons. The number of carbonyl (C=O) groups excluding carboxylic acids is 1. The Bertz CT molecular complexity index is 346. The van der Waals surface area contributed by atoms with Crippen LogP contribution in [0.3, 0.4) is 0 Å². The van der Waals surface area contributed by atoms with Gasteiger partial charge >= 0.3 is 0 Å². The van der Waals surface area contributed by atoms with Crippen molar-refractivity contribution < 1.29 is 4.79 Å². The van der Waals surface area contributed by atoms with Crippen LogP contribution in [-0.4, -0.2) is 11.8 Å². The number of carbonyl (C=O) groups is 1. The average Bonchev–Trinajstić information content (AvgIpc) is 2.34. The topological polar surface area (TPSA) is 29.1 Å². The molecule has 0 saturated heterocycles. The smallest absolute Gasteiger partial charge is 0.220 e. The molecule has 0 saturated carbocycles. The standard InChI is InChI=1S/C14H20ClNO/c1-11(2)13-7-5-12(6-8-13)10-16-14(17)4-3-9-15/h5-8,11H,3-4,9-10H2,1-2H3,(H,16,17). The van der Waals surface area contributed by atoms with E-state index in [-0.39, 0.29) is 5.91 Å². The third-order valence-electron chi connectivity index (χ3n) is 2.67. The van der Waals surface area contributed by atoms with E-state index in [2.05, 4.69) is 43.4 Å². The molecule has 0 spiro atoms. The molecular formula is C14H20ClNO. The van der Waals surface area contributed by atoms with Crippen molar-refractivity contribution >= 4 is 17.5 Å². The largest absolute Gasteiger partial charge is 0.352 e. The van der Waals surface area contributed by atoms with Gasteiger partial charge in [-0.1, -0.05) is 38.1 Å². The molecule has 0 unspecified atom stereocenters. The molecule has 0 atom stereocenters. The monoisotopic (exact) mass is 253 g/mol. The summed E-state index contributed by atoms with van der Waals surface area (Å²) >= 11 is 5.53. The van der Waals surface area contributed by atoms with Crippen molar-refractivity contribution in [2.24, 2.45) is 0 Å². The fourth-order valence-corrected chi connectivity index (χ4v) is 1.67. The van der Waals surface area contributed by atoms with Gasteiger partial charge in [-0.25, -0.2) is 0 Å². The summed E-state index contributed by atoms with van der Waals surface area (Å²) in [6.07, 6.45) is 1.24. The van der Waals surface area contributed by atoms with Gasteiger partial charge in [0.25, 0.3) is 0 Å². The molecule has 0 heterocycles. The van der Waals surface area contributed by atoms with Crippen LogP contribution in [0.2, 0.25) is 0 Å². The molecule has 0 aliphatic heterocycles. The van der Waals surface area contributed by atoms with E-state index in [0.29, 0.717) is 24.8 Å². The maximum absolute atomic E-state index is 11.4. The van der Waals surface area contributed by atoms with Crippen LogP contribution in [0.15, 0.2) is 24.3 Å². The number of hydrogen-bond donors (Lipinski definition) is 1. The highest BCUT2D eigenvalue weighted by molar-refractivity contribution is 6.17. The summed E-state index contributed by atoms with van der Waals surface area (Å²) in [6, 6.07) is 8.37. The Morgan fingerprint density at radius 2 is 1.94 bits per heavy atom. The van der Waals surface area contributed by atoms with Crippen molar-refractivity contribution in [3.8, 4) is 0 Å². The van der Waals surface area contributed by atoms with Crippen LogP contribution in [-0.2, 0) is 11.3 Å². The van der Waals surface area contributed by atoms with E-state index >= 15 is 0 Å². The normalized spacial score (nSPS) is 10.6. The lowest BCUT2D eigenvalue weighted by molar-refractivity contribution is -0.121. The molecule has 1 rings (SSSR count). The summed E-state index contributed by atoms with van der Waals surface area (Å²) in [5.41, 5.74) is 2.45. The van der Waals surface area contributed by atoms with Crippen LogP contribution in [0.25, 0.3) is 0 Å². The van der Waals surface area contributed by atoms with Crippen LogP contribution in [0, 0.1) is 0 Å². The zero-order valence-corrected chi connectivity index (χ0v) is 11.3. The molecule has 0 fully saturated rings. The molecule has 1 aromatic rings. The molecule has 1 aromatic carbocycles. The minimum Gasteiger partial charge on any atom is -0.352 e. The van der Waals surface area contributed by atoms with Gasteiger partial charge in [-0.15, -0.1) is 11.6 Å². The van der Waals surface area contributed by atoms with Crippen LogP contribution in [0.1, 0.15) is 43.7 Å². The highest BCUT2D eigenvalue weighted by atomic mass is 35.5. The molecule has 1 amide bonds. The van der Waals surface area contributed by atoms with Gasteiger partial charge in [0.15, 0.2) is 0 Å². The van der Waals surface area contributed by atoms with Crippen molar-refractivity contribution in [2.45, 2.75) is 39.2 Å². The zero-order valence-electron chi connectivity index (χ0n) is 10.5. The molecule has 1 N–H and O–H groups in total. The lowest BCUT2D eigenvalue weighted by atomic mass is 10.0. The van der Waals surface area contributed by atoms with E-state index in [1.54, 1.807) is 0 Å². The molecule has 3 heteroatoms. The predicted molar refractivity (Wildman–Crippen MR) is 72.3 cm³/mol. The van der Waals surface area contributed by atoms with Crippen LogP contribution < -0.4 is 5.32 Å². The number of nitrogens with one attached hydrogen (secondary N) is 1. The van der Waals surface area contributed by atoms with Crippen molar-refractivity contribution in [1.82, 2.24) is 5.32 Å². The third-order valence-corrected chi connectivity index (χ3v) is 2.94. The molecule has 0 aliphatic carbocycles. The Kier molecular flexibility index (Phi) is 6.06. The van der Waals surface area contributed by atoms with E-state index in [9.17, 15) is 4.79 Å². The minimum absolute atomic E-state index is 0.0681. The van der Waals surface area contributed by atoms with Gasteiger partial charge in [0.05, 0.1) is 0 Å². The van der Waals surface area contributed by atoms with Crippen molar-refractivity contribution in [2.75, 3.05) is 5.88 Å². The van der Waals surface area contributed by atoms with E-state index in [4.69, 9.17) is 11.6 Å². The predicted octanol–water partition coefficient (Wildman–Crippen LogP) is 3.45. The third kappa shape index (κ3) is 5.22. The Morgan fingerprint density at radius 3 is 2.47 bits per heavy atom. The molecule has 0 aromatic heterocycles. The number of benzene rings is 1. The second-order valence-corrected chi connectivity index (χ2v) is 4.84. The zero-order chi connectivity index (χ0) is 12.7. The van der Waals surface area contributed by atoms with E-state index in [1.165, 1.54) is 5.56 Å². The summed E-state index contributed by atoms with van der Waals surface area (Å²) < 4.78 is 0. The summed E-state index contributed by atoms with van der Waals surface area (Å²) in [5, 5.41) is 2.88. The molecular weight excluding hydrogens is 234 g/mol. The van der Waals surface area contributed by atoms with Crippen molar-refractivity contribution in [1.29, 1.82) is 0 Å². The van der Waals surface area contributed by atoms with Gasteiger partial charge in [0.2, 0.25) is 5.91 Å². The van der Waals surface area contributed by atoms with Gasteiger partial charge < -0.3 is 5.32 Å². The molecule has 0 bridgehead atoms. The molecule has 2 nitrogen and oxygen atoms in total. The van der Waals surface area contributed by atoms with E-state index in [1.807, 2.05) is 0 Å². The molecule has 0 aliphatic rings. The summed E-state index contributed by atoms with van der Waals surface area (Å²) in [6.45, 7) is 4.94. The SMILES string of the molecule is CC(C)c1ccc(CNC(=O)CCCCl)cc1. The lowest BCUT2D eigenvalue weighted by Gasteiger charge is -2.08. The second kappa shape index (κ2) is 7.33. The lowest BCUT2D eigenvalue weighted by Crippen LogP contribution is -2.22. The molecule has 94 valence electrons. The first-order chi connectivity index (χ1) is 8.13. The first-order valence-electron chi connectivity index (χ1n) is 6.05. The fourth-order valence-electron chi connectivity index (χ4n) is 1.54. The Morgan fingerprint density at radius 1 is 1.29 bits per heavy atom. The highest BCUT2D eigenvalue weighted by Crippen LogP contribution is 2.14. The molecule has 17 heavy (non-hydrogen) atoms. The van der Waals surface area contributed by atoms with E-state index < -0.39 is 0 Å². The summed E-state index contributed by atoms with van der Waals surface area (Å²) in [5.74, 6) is 1.15. The first-order valence-corrected chi connectivity index (χ1v) is 6.58. The Hall–Kier alpha value is -1.02. The van der Waals surface area contributed by atoms with Gasteiger partial charge in [-0.3, -0.25) is 4.79 Å². The van der Waals surface area contributed by atoms with Crippen LogP contribution >= 0.6 is 11.6 Å². The van der Waals surface area contributed by atoms with Crippen LogP contribution in [0.5, 0.6) is 0 Å². The number of amides is 1. The van der Waals surface area contributed by atoms with Gasteiger partial charge in [-0.2, -0.15) is 0 Å². The highest BCUT2D eigenvalue weighted by Gasteiger charge is 2.02. The van der Waals surface area contributed by atoms with Crippen LogP contribution in [0.4, 0.5) is 0 Å². The minimum atomic E-state index is 0.0681. The summed E-state index contributed by atoms with van der Waals surface area (Å²) in [4.78, 5) is 11.4. The average molecular weight is 254 g/mol. The first kappa shape index (κ1) is 14.0. The Labute approximate surface area is 108 Å². The number of rotatable bonds is 6. The number of alkyl halides is 1.